The van der Waals surface area contributed by atoms with E-state index in [0.717, 1.165) is 0 Å². The van der Waals surface area contributed by atoms with Crippen LogP contribution in [-0.2, 0) is 9.84 Å². The maximum absolute atomic E-state index is 13.4. The van der Waals surface area contributed by atoms with Crippen LogP contribution in [0.5, 0.6) is 17.2 Å². The van der Waals surface area contributed by atoms with E-state index in [0.29, 0.717) is 34.2 Å². The summed E-state index contributed by atoms with van der Waals surface area (Å²) in [5, 5.41) is 17.2. The monoisotopic (exact) mass is 467 g/mol. The maximum Gasteiger partial charge on any atom is 0.207 e. The van der Waals surface area contributed by atoms with E-state index in [2.05, 4.69) is 10.3 Å². The average Bonchev–Trinajstić information content (AvgIpc) is 3.34. The quantitative estimate of drug-likeness (QED) is 0.393. The van der Waals surface area contributed by atoms with E-state index in [1.165, 1.54) is 42.1 Å². The van der Waals surface area contributed by atoms with Gasteiger partial charge in [-0.1, -0.05) is 23.4 Å². The van der Waals surface area contributed by atoms with E-state index < -0.39 is 16.6 Å². The van der Waals surface area contributed by atoms with Gasteiger partial charge in [-0.15, -0.1) is 5.10 Å². The highest BCUT2D eigenvalue weighted by atomic mass is 32.2. The van der Waals surface area contributed by atoms with Crippen LogP contribution in [0.3, 0.4) is 0 Å². The van der Waals surface area contributed by atoms with E-state index in [1.54, 1.807) is 49.7 Å². The van der Waals surface area contributed by atoms with Gasteiger partial charge in [0.25, 0.3) is 0 Å². The zero-order valence-corrected chi connectivity index (χ0v) is 18.7. The third-order valence-electron chi connectivity index (χ3n) is 4.94. The smallest absolute Gasteiger partial charge is 0.207 e. The number of ether oxygens (including phenoxy) is 3. The number of methoxy groups -OCH3 is 2. The molecule has 170 valence electrons. The highest BCUT2D eigenvalue weighted by Gasteiger charge is 2.23. The van der Waals surface area contributed by atoms with Crippen LogP contribution in [0.25, 0.3) is 16.9 Å². The Bertz CT molecular complexity index is 1370. The van der Waals surface area contributed by atoms with Gasteiger partial charge in [-0.2, -0.15) is 0 Å². The molecule has 4 rings (SSSR count). The summed E-state index contributed by atoms with van der Waals surface area (Å²) in [6.07, 6.45) is 1.64. The molecule has 0 fully saturated rings. The molecule has 4 aromatic rings. The Morgan fingerprint density at radius 1 is 0.939 bits per heavy atom. The molecule has 0 atom stereocenters. The summed E-state index contributed by atoms with van der Waals surface area (Å²) in [7, 11) is -0.764. The lowest BCUT2D eigenvalue weighted by molar-refractivity contribution is 0.0985. The van der Waals surface area contributed by atoms with E-state index in [-0.39, 0.29) is 9.79 Å². The molecule has 0 saturated carbocycles. The molecule has 0 aliphatic carbocycles. The lowest BCUT2D eigenvalue weighted by Gasteiger charge is -2.10. The molecule has 0 unspecified atom stereocenters. The van der Waals surface area contributed by atoms with Gasteiger partial charge in [0.2, 0.25) is 9.84 Å². The zero-order valence-electron chi connectivity index (χ0n) is 17.9. The Hall–Kier alpha value is -3.89. The Morgan fingerprint density at radius 3 is 2.36 bits per heavy atom. The topological polar surface area (TPSA) is 113 Å². The van der Waals surface area contributed by atoms with Crippen molar-refractivity contribution in [2.24, 2.45) is 0 Å². The van der Waals surface area contributed by atoms with Gasteiger partial charge in [-0.05, 0) is 42.5 Å². The van der Waals surface area contributed by atoms with Crippen LogP contribution < -0.4 is 14.2 Å². The summed E-state index contributed by atoms with van der Waals surface area (Å²) < 4.78 is 43.9. The number of benzene rings is 3. The molecule has 0 aliphatic rings. The van der Waals surface area contributed by atoms with Crippen molar-refractivity contribution in [3.05, 3.63) is 72.9 Å². The molecule has 1 aromatic heterocycles. The summed E-state index contributed by atoms with van der Waals surface area (Å²) in [6, 6.07) is 17.7. The van der Waals surface area contributed by atoms with Crippen molar-refractivity contribution in [3.63, 3.8) is 0 Å². The van der Waals surface area contributed by atoms with Crippen molar-refractivity contribution in [2.45, 2.75) is 9.79 Å². The second-order valence-corrected chi connectivity index (χ2v) is 8.75. The zero-order chi connectivity index (χ0) is 23.4. The van der Waals surface area contributed by atoms with Gasteiger partial charge in [-0.25, -0.2) is 13.1 Å². The van der Waals surface area contributed by atoms with Gasteiger partial charge >= 0.3 is 0 Å². The van der Waals surface area contributed by atoms with E-state index in [4.69, 9.17) is 19.3 Å². The fourth-order valence-electron chi connectivity index (χ4n) is 3.31. The third-order valence-corrected chi connectivity index (χ3v) is 6.77. The Labute approximate surface area is 190 Å². The standard InChI is InChI=1S/C23H21N3O6S/c1-30-17-9-12-21(22(13-17)31-2)26-14-20(24-25-26)19-5-3-4-6-23(19)33(28,29)18-10-7-16(8-11-18)32-15-27/h3-14,27H,15H2,1-2H3. The van der Waals surface area contributed by atoms with Crippen LogP contribution in [0.1, 0.15) is 0 Å². The molecule has 3 aromatic carbocycles. The summed E-state index contributed by atoms with van der Waals surface area (Å²) in [5.41, 5.74) is 1.41. The summed E-state index contributed by atoms with van der Waals surface area (Å²) >= 11 is 0. The van der Waals surface area contributed by atoms with E-state index in [9.17, 15) is 8.42 Å². The molecule has 0 saturated heterocycles. The largest absolute Gasteiger partial charge is 0.497 e. The van der Waals surface area contributed by atoms with Gasteiger partial charge in [0.1, 0.15) is 28.6 Å². The summed E-state index contributed by atoms with van der Waals surface area (Å²) in [4.78, 5) is 0.180. The number of sulfone groups is 1. The Balaban J connectivity index is 1.74. The van der Waals surface area contributed by atoms with Crippen molar-refractivity contribution < 1.29 is 27.7 Å². The molecule has 0 radical (unpaired) electrons. The second-order valence-electron chi connectivity index (χ2n) is 6.83. The minimum Gasteiger partial charge on any atom is -0.497 e. The lowest BCUT2D eigenvalue weighted by Crippen LogP contribution is -2.04. The average molecular weight is 468 g/mol. The lowest BCUT2D eigenvalue weighted by atomic mass is 10.2. The molecular weight excluding hydrogens is 446 g/mol. The Morgan fingerprint density at radius 2 is 1.67 bits per heavy atom. The van der Waals surface area contributed by atoms with Crippen molar-refractivity contribution in [1.82, 2.24) is 15.0 Å². The molecule has 0 amide bonds. The molecular formula is C23H21N3O6S. The maximum atomic E-state index is 13.4. The number of aliphatic hydroxyl groups excluding tert-OH is 1. The molecule has 0 bridgehead atoms. The fourth-order valence-corrected chi connectivity index (χ4v) is 4.78. The van der Waals surface area contributed by atoms with Crippen LogP contribution in [-0.4, -0.2) is 49.5 Å². The first-order valence-corrected chi connectivity index (χ1v) is 11.3. The van der Waals surface area contributed by atoms with Crippen LogP contribution in [0.15, 0.2) is 82.7 Å². The van der Waals surface area contributed by atoms with Crippen LogP contribution in [0, 0.1) is 0 Å². The van der Waals surface area contributed by atoms with Crippen molar-refractivity contribution in [3.8, 4) is 34.2 Å². The second kappa shape index (κ2) is 9.31. The number of rotatable bonds is 8. The normalized spacial score (nSPS) is 11.2. The first-order valence-electron chi connectivity index (χ1n) is 9.81. The molecule has 0 spiro atoms. The summed E-state index contributed by atoms with van der Waals surface area (Å²) in [5.74, 6) is 1.51. The highest BCUT2D eigenvalue weighted by Crippen LogP contribution is 2.32. The fraction of sp³-hybridized carbons (Fsp3) is 0.130. The number of aliphatic hydroxyl groups is 1. The number of aromatic nitrogens is 3. The number of hydrogen-bond acceptors (Lipinski definition) is 8. The minimum atomic E-state index is -3.86. The van der Waals surface area contributed by atoms with E-state index >= 15 is 0 Å². The first kappa shape index (κ1) is 22.3. The summed E-state index contributed by atoms with van der Waals surface area (Å²) in [6.45, 7) is -0.496. The highest BCUT2D eigenvalue weighted by molar-refractivity contribution is 7.91. The molecule has 10 heteroatoms. The molecule has 0 aliphatic heterocycles. The molecule has 33 heavy (non-hydrogen) atoms. The number of nitrogens with zero attached hydrogens (tertiary/aromatic N) is 3. The van der Waals surface area contributed by atoms with Crippen LogP contribution in [0.4, 0.5) is 0 Å². The minimum absolute atomic E-state index is 0.0875. The third kappa shape index (κ3) is 4.38. The Kier molecular flexibility index (Phi) is 6.29. The van der Waals surface area contributed by atoms with Crippen molar-refractivity contribution in [1.29, 1.82) is 0 Å². The predicted molar refractivity (Wildman–Crippen MR) is 120 cm³/mol. The van der Waals surface area contributed by atoms with Gasteiger partial charge in [0.05, 0.1) is 30.2 Å². The number of hydrogen-bond donors (Lipinski definition) is 1. The SMILES string of the molecule is COc1ccc(-n2cc(-c3ccccc3S(=O)(=O)c3ccc(OCO)cc3)nn2)c(OC)c1. The molecule has 9 nitrogen and oxygen atoms in total. The van der Waals surface area contributed by atoms with Crippen LogP contribution >= 0.6 is 0 Å². The first-order chi connectivity index (χ1) is 16.0. The van der Waals surface area contributed by atoms with Crippen molar-refractivity contribution in [2.75, 3.05) is 21.0 Å². The predicted octanol–water partition coefficient (Wildman–Crippen LogP) is 3.11. The molecule has 1 N–H and O–H groups in total. The molecule has 1 heterocycles. The van der Waals surface area contributed by atoms with Crippen molar-refractivity contribution >= 4 is 9.84 Å². The van der Waals surface area contributed by atoms with Gasteiger partial charge in [0.15, 0.2) is 6.79 Å². The van der Waals surface area contributed by atoms with Gasteiger partial charge < -0.3 is 19.3 Å². The van der Waals surface area contributed by atoms with E-state index in [1.807, 2.05) is 0 Å². The van der Waals surface area contributed by atoms with Gasteiger partial charge in [-0.3, -0.25) is 0 Å². The van der Waals surface area contributed by atoms with Crippen LogP contribution in [0.2, 0.25) is 0 Å². The van der Waals surface area contributed by atoms with Gasteiger partial charge in [0, 0.05) is 11.6 Å².